The maximum Gasteiger partial charge on any atom is 0.408 e. The van der Waals surface area contributed by atoms with Gasteiger partial charge in [0, 0.05) is 20.2 Å². The Morgan fingerprint density at radius 2 is 1.85 bits per heavy atom. The van der Waals surface area contributed by atoms with E-state index in [0.717, 1.165) is 0 Å². The van der Waals surface area contributed by atoms with Gasteiger partial charge in [-0.3, -0.25) is 4.79 Å². The van der Waals surface area contributed by atoms with Crippen molar-refractivity contribution in [3.63, 3.8) is 0 Å². The number of nitrogens with one attached hydrogen (secondary N) is 1. The number of hydrogen-bond donors (Lipinski definition) is 2. The molecule has 0 saturated carbocycles. The second kappa shape index (κ2) is 9.05. The second-order valence-corrected chi connectivity index (χ2v) is 7.39. The number of amides is 2. The number of β-amino-alcohol motifs (C(OH)–C–C–N with tert-alkyl or cyclic N) is 1. The number of likely N-dealkylation sites (tertiary alicyclic amines) is 1. The van der Waals surface area contributed by atoms with Crippen molar-refractivity contribution < 1.29 is 28.9 Å². The summed E-state index contributed by atoms with van der Waals surface area (Å²) in [7, 11) is 1.59. The highest BCUT2D eigenvalue weighted by Gasteiger charge is 2.35. The third-order valence-corrected chi connectivity index (χ3v) is 3.85. The topological polar surface area (TPSA) is 97.3 Å². The van der Waals surface area contributed by atoms with Crippen molar-refractivity contribution >= 4 is 12.0 Å². The van der Waals surface area contributed by atoms with E-state index in [9.17, 15) is 14.7 Å². The summed E-state index contributed by atoms with van der Waals surface area (Å²) in [5.41, 5.74) is -0.0738. The number of rotatable bonds is 7. The van der Waals surface area contributed by atoms with Gasteiger partial charge in [-0.25, -0.2) is 4.79 Å². The Bertz CT molecular complexity index is 635. The van der Waals surface area contributed by atoms with Crippen molar-refractivity contribution in [1.29, 1.82) is 0 Å². The van der Waals surface area contributed by atoms with Gasteiger partial charge >= 0.3 is 6.09 Å². The van der Waals surface area contributed by atoms with Crippen LogP contribution in [0, 0.1) is 0 Å². The second-order valence-electron chi connectivity index (χ2n) is 7.39. The van der Waals surface area contributed by atoms with Crippen LogP contribution in [0.25, 0.3) is 0 Å². The molecular formula is C19H28N2O6. The number of carbonyl (C=O) groups is 2. The number of benzene rings is 1. The molecule has 1 aliphatic rings. The van der Waals surface area contributed by atoms with Crippen LogP contribution < -0.4 is 10.1 Å². The summed E-state index contributed by atoms with van der Waals surface area (Å²) >= 11 is 0. The van der Waals surface area contributed by atoms with Crippen LogP contribution in [0.2, 0.25) is 0 Å². The fourth-order valence-electron chi connectivity index (χ4n) is 2.53. The Labute approximate surface area is 159 Å². The molecule has 0 bridgehead atoms. The molecule has 1 heterocycles. The third-order valence-electron chi connectivity index (χ3n) is 3.85. The Kier molecular flexibility index (Phi) is 7.04. The molecule has 0 aromatic heterocycles. The van der Waals surface area contributed by atoms with E-state index in [2.05, 4.69) is 5.32 Å². The molecule has 1 unspecified atom stereocenters. The lowest BCUT2D eigenvalue weighted by Crippen LogP contribution is -2.56. The van der Waals surface area contributed by atoms with Gasteiger partial charge in [-0.1, -0.05) is 12.1 Å². The summed E-state index contributed by atoms with van der Waals surface area (Å²) in [5.74, 6) is 0.345. The molecule has 1 aromatic rings. The zero-order valence-electron chi connectivity index (χ0n) is 16.2. The van der Waals surface area contributed by atoms with Crippen LogP contribution >= 0.6 is 0 Å². The first-order valence-electron chi connectivity index (χ1n) is 8.87. The number of aliphatic hydroxyl groups is 1. The molecule has 8 heteroatoms. The van der Waals surface area contributed by atoms with Gasteiger partial charge in [0.25, 0.3) is 0 Å². The predicted molar refractivity (Wildman–Crippen MR) is 98.5 cm³/mol. The third kappa shape index (κ3) is 6.41. The number of ether oxygens (including phenoxy) is 3. The lowest BCUT2D eigenvalue weighted by molar-refractivity contribution is -0.143. The zero-order valence-corrected chi connectivity index (χ0v) is 16.2. The van der Waals surface area contributed by atoms with Crippen molar-refractivity contribution in [3.8, 4) is 5.75 Å². The summed E-state index contributed by atoms with van der Waals surface area (Å²) in [5, 5.41) is 12.1. The van der Waals surface area contributed by atoms with Gasteiger partial charge in [0.1, 0.15) is 24.0 Å². The lowest BCUT2D eigenvalue weighted by Gasteiger charge is -2.38. The number of carbonyl (C=O) groups excluding carboxylic acids is 2. The molecule has 2 N–H and O–H groups in total. The molecule has 8 nitrogen and oxygen atoms in total. The van der Waals surface area contributed by atoms with Gasteiger partial charge in [-0.15, -0.1) is 0 Å². The molecule has 150 valence electrons. The summed E-state index contributed by atoms with van der Waals surface area (Å²) in [6.07, 6.45) is -1.20. The van der Waals surface area contributed by atoms with Crippen molar-refractivity contribution in [3.05, 3.63) is 29.8 Å². The van der Waals surface area contributed by atoms with Gasteiger partial charge < -0.3 is 29.5 Å². The van der Waals surface area contributed by atoms with Gasteiger partial charge in [0.05, 0.1) is 12.7 Å². The number of hydrogen-bond acceptors (Lipinski definition) is 6. The quantitative estimate of drug-likeness (QED) is 0.696. The molecule has 0 spiro atoms. The highest BCUT2D eigenvalue weighted by Crippen LogP contribution is 2.23. The SMILES string of the molecule is COCCOc1ccc(C(NC(=O)OC(C)(C)C)C(=O)N2CC(O)C2)cc1. The lowest BCUT2D eigenvalue weighted by atomic mass is 10.0. The van der Waals surface area contributed by atoms with E-state index >= 15 is 0 Å². The van der Waals surface area contributed by atoms with Crippen LogP contribution in [0.3, 0.4) is 0 Å². The van der Waals surface area contributed by atoms with Gasteiger partial charge in [0.2, 0.25) is 5.91 Å². The molecule has 1 fully saturated rings. The molecule has 1 saturated heterocycles. The van der Waals surface area contributed by atoms with Crippen molar-refractivity contribution in [1.82, 2.24) is 10.2 Å². The fourth-order valence-corrected chi connectivity index (χ4v) is 2.53. The van der Waals surface area contributed by atoms with E-state index in [1.807, 2.05) is 0 Å². The maximum absolute atomic E-state index is 12.8. The van der Waals surface area contributed by atoms with Gasteiger partial charge in [-0.2, -0.15) is 0 Å². The van der Waals surface area contributed by atoms with Crippen LogP contribution in [0.1, 0.15) is 32.4 Å². The molecular weight excluding hydrogens is 352 g/mol. The number of aliphatic hydroxyl groups excluding tert-OH is 1. The van der Waals surface area contributed by atoms with Crippen molar-refractivity contribution in [2.75, 3.05) is 33.4 Å². The normalized spacial score (nSPS) is 15.7. The molecule has 1 aliphatic heterocycles. The Morgan fingerprint density at radius 1 is 1.22 bits per heavy atom. The van der Waals surface area contributed by atoms with E-state index in [4.69, 9.17) is 14.2 Å². The molecule has 27 heavy (non-hydrogen) atoms. The van der Waals surface area contributed by atoms with E-state index in [1.165, 1.54) is 4.90 Å². The number of alkyl carbamates (subject to hydrolysis) is 1. The van der Waals surface area contributed by atoms with Crippen LogP contribution in [0.5, 0.6) is 5.75 Å². The average Bonchev–Trinajstić information content (AvgIpc) is 2.56. The van der Waals surface area contributed by atoms with E-state index < -0.39 is 23.8 Å². The molecule has 2 amide bonds. The first kappa shape index (κ1) is 21.0. The summed E-state index contributed by atoms with van der Waals surface area (Å²) in [6.45, 7) is 6.65. The van der Waals surface area contributed by atoms with Crippen LogP contribution in [-0.4, -0.2) is 67.1 Å². The van der Waals surface area contributed by atoms with E-state index in [1.54, 1.807) is 52.1 Å². The zero-order chi connectivity index (χ0) is 20.0. The molecule has 0 radical (unpaired) electrons. The highest BCUT2D eigenvalue weighted by atomic mass is 16.6. The first-order chi connectivity index (χ1) is 12.7. The number of methoxy groups -OCH3 is 1. The highest BCUT2D eigenvalue weighted by molar-refractivity contribution is 5.87. The first-order valence-corrected chi connectivity index (χ1v) is 8.87. The molecule has 1 atom stereocenters. The summed E-state index contributed by atoms with van der Waals surface area (Å²) in [6, 6.07) is 6.00. The number of nitrogens with zero attached hydrogens (tertiary/aromatic N) is 1. The Balaban J connectivity index is 2.11. The standard InChI is InChI=1S/C19H28N2O6/c1-19(2,3)27-18(24)20-16(17(23)21-11-14(22)12-21)13-5-7-15(8-6-13)26-10-9-25-4/h5-8,14,16,22H,9-12H2,1-4H3,(H,20,24). The van der Waals surface area contributed by atoms with Crippen molar-refractivity contribution in [2.45, 2.75) is 38.5 Å². The minimum atomic E-state index is -0.902. The maximum atomic E-state index is 12.8. The largest absolute Gasteiger partial charge is 0.491 e. The molecule has 0 aliphatic carbocycles. The summed E-state index contributed by atoms with van der Waals surface area (Å²) < 4.78 is 15.7. The van der Waals surface area contributed by atoms with Gasteiger partial charge in [0.15, 0.2) is 0 Å². The fraction of sp³-hybridized carbons (Fsp3) is 0.579. The molecule has 2 rings (SSSR count). The van der Waals surface area contributed by atoms with E-state index in [0.29, 0.717) is 24.5 Å². The minimum Gasteiger partial charge on any atom is -0.491 e. The van der Waals surface area contributed by atoms with Crippen LogP contribution in [0.15, 0.2) is 24.3 Å². The van der Waals surface area contributed by atoms with E-state index in [-0.39, 0.29) is 19.0 Å². The summed E-state index contributed by atoms with van der Waals surface area (Å²) in [4.78, 5) is 26.5. The van der Waals surface area contributed by atoms with Crippen LogP contribution in [0.4, 0.5) is 4.79 Å². The minimum absolute atomic E-state index is 0.254. The molecule has 1 aromatic carbocycles. The predicted octanol–water partition coefficient (Wildman–Crippen LogP) is 1.48. The van der Waals surface area contributed by atoms with Crippen molar-refractivity contribution in [2.24, 2.45) is 0 Å². The average molecular weight is 380 g/mol. The van der Waals surface area contributed by atoms with Gasteiger partial charge in [-0.05, 0) is 38.5 Å². The Morgan fingerprint density at radius 3 is 2.37 bits per heavy atom. The monoisotopic (exact) mass is 380 g/mol. The van der Waals surface area contributed by atoms with Crippen LogP contribution in [-0.2, 0) is 14.3 Å². The smallest absolute Gasteiger partial charge is 0.408 e. The Hall–Kier alpha value is -2.32.